The quantitative estimate of drug-likeness (QED) is 0.769. The van der Waals surface area contributed by atoms with E-state index in [2.05, 4.69) is 4.98 Å². The van der Waals surface area contributed by atoms with Gasteiger partial charge in [0.05, 0.1) is 5.57 Å². The molecule has 0 amide bonds. The SMILES string of the molecule is CC/C=C/c1nccn1/C=C(\C)C(=O)O. The molecular formula is C11H14N2O2. The van der Waals surface area contributed by atoms with Crippen molar-refractivity contribution in [1.82, 2.24) is 9.55 Å². The summed E-state index contributed by atoms with van der Waals surface area (Å²) in [5.74, 6) is -0.188. The predicted molar refractivity (Wildman–Crippen MR) is 59.1 cm³/mol. The molecule has 0 unspecified atom stereocenters. The van der Waals surface area contributed by atoms with E-state index in [4.69, 9.17) is 5.11 Å². The van der Waals surface area contributed by atoms with Gasteiger partial charge in [0.2, 0.25) is 0 Å². The maximum Gasteiger partial charge on any atom is 0.332 e. The van der Waals surface area contributed by atoms with Crippen LogP contribution in [0.3, 0.4) is 0 Å². The Bertz CT molecular complexity index is 402. The molecule has 1 aromatic heterocycles. The molecule has 0 saturated heterocycles. The minimum Gasteiger partial charge on any atom is -0.478 e. The first-order valence-electron chi connectivity index (χ1n) is 4.76. The maximum absolute atomic E-state index is 10.6. The van der Waals surface area contributed by atoms with E-state index in [0.717, 1.165) is 12.2 Å². The van der Waals surface area contributed by atoms with Gasteiger partial charge in [-0.05, 0) is 19.4 Å². The highest BCUT2D eigenvalue weighted by Crippen LogP contribution is 2.05. The van der Waals surface area contributed by atoms with Gasteiger partial charge in [0.15, 0.2) is 0 Å². The third-order valence-electron chi connectivity index (χ3n) is 1.87. The van der Waals surface area contributed by atoms with Crippen LogP contribution in [0.25, 0.3) is 12.3 Å². The number of carboxylic acid groups (broad SMARTS) is 1. The average Bonchev–Trinajstić information content (AvgIpc) is 2.62. The van der Waals surface area contributed by atoms with E-state index in [1.807, 2.05) is 19.1 Å². The predicted octanol–water partition coefficient (Wildman–Crippen LogP) is 2.25. The topological polar surface area (TPSA) is 55.1 Å². The molecule has 0 spiro atoms. The number of carbonyl (C=O) groups is 1. The molecular weight excluding hydrogens is 192 g/mol. The molecule has 4 nitrogen and oxygen atoms in total. The van der Waals surface area contributed by atoms with Gasteiger partial charge in [-0.3, -0.25) is 0 Å². The summed E-state index contributed by atoms with van der Waals surface area (Å²) in [4.78, 5) is 14.7. The summed E-state index contributed by atoms with van der Waals surface area (Å²) < 4.78 is 1.69. The van der Waals surface area contributed by atoms with Gasteiger partial charge in [-0.1, -0.05) is 13.0 Å². The van der Waals surface area contributed by atoms with Crippen molar-refractivity contribution < 1.29 is 9.90 Å². The third kappa shape index (κ3) is 3.09. The molecule has 1 aromatic rings. The lowest BCUT2D eigenvalue weighted by Crippen LogP contribution is -1.99. The third-order valence-corrected chi connectivity index (χ3v) is 1.87. The Morgan fingerprint density at radius 2 is 2.40 bits per heavy atom. The highest BCUT2D eigenvalue weighted by Gasteiger charge is 2.01. The van der Waals surface area contributed by atoms with Crippen molar-refractivity contribution in [3.05, 3.63) is 29.9 Å². The molecule has 0 bridgehead atoms. The van der Waals surface area contributed by atoms with Gasteiger partial charge in [0.25, 0.3) is 0 Å². The van der Waals surface area contributed by atoms with Crippen molar-refractivity contribution >= 4 is 18.2 Å². The highest BCUT2D eigenvalue weighted by atomic mass is 16.4. The van der Waals surface area contributed by atoms with Gasteiger partial charge >= 0.3 is 5.97 Å². The smallest absolute Gasteiger partial charge is 0.332 e. The molecule has 0 aliphatic carbocycles. The van der Waals surface area contributed by atoms with E-state index in [1.165, 1.54) is 0 Å². The van der Waals surface area contributed by atoms with Crippen LogP contribution in [0.1, 0.15) is 26.1 Å². The first-order chi connectivity index (χ1) is 7.15. The molecule has 0 aliphatic heterocycles. The minimum atomic E-state index is -0.922. The normalized spacial score (nSPS) is 12.3. The lowest BCUT2D eigenvalue weighted by atomic mass is 10.3. The lowest BCUT2D eigenvalue weighted by molar-refractivity contribution is -0.132. The van der Waals surface area contributed by atoms with E-state index < -0.39 is 5.97 Å². The molecule has 15 heavy (non-hydrogen) atoms. The van der Waals surface area contributed by atoms with E-state index in [9.17, 15) is 4.79 Å². The second-order valence-electron chi connectivity index (χ2n) is 3.12. The Kier molecular flexibility index (Phi) is 3.85. The monoisotopic (exact) mass is 206 g/mol. The fraction of sp³-hybridized carbons (Fsp3) is 0.273. The summed E-state index contributed by atoms with van der Waals surface area (Å²) in [6, 6.07) is 0. The van der Waals surface area contributed by atoms with Crippen LogP contribution in [0.5, 0.6) is 0 Å². The van der Waals surface area contributed by atoms with Crippen LogP contribution in [-0.2, 0) is 4.79 Å². The van der Waals surface area contributed by atoms with Crippen molar-refractivity contribution in [1.29, 1.82) is 0 Å². The summed E-state index contributed by atoms with van der Waals surface area (Å²) in [7, 11) is 0. The van der Waals surface area contributed by atoms with Crippen LogP contribution in [-0.4, -0.2) is 20.6 Å². The molecule has 0 radical (unpaired) electrons. The summed E-state index contributed by atoms with van der Waals surface area (Å²) in [5.41, 5.74) is 0.277. The number of imidazole rings is 1. The number of hydrogen-bond donors (Lipinski definition) is 1. The lowest BCUT2D eigenvalue weighted by Gasteiger charge is -1.98. The van der Waals surface area contributed by atoms with E-state index in [0.29, 0.717) is 0 Å². The zero-order valence-electron chi connectivity index (χ0n) is 8.84. The largest absolute Gasteiger partial charge is 0.478 e. The Hall–Kier alpha value is -1.84. The first-order valence-corrected chi connectivity index (χ1v) is 4.76. The van der Waals surface area contributed by atoms with E-state index in [-0.39, 0.29) is 5.57 Å². The summed E-state index contributed by atoms with van der Waals surface area (Å²) in [6.45, 7) is 3.58. The number of carboxylic acids is 1. The van der Waals surface area contributed by atoms with Crippen LogP contribution in [0.2, 0.25) is 0 Å². The van der Waals surface area contributed by atoms with Gasteiger partial charge in [0.1, 0.15) is 5.82 Å². The Morgan fingerprint density at radius 3 is 3.00 bits per heavy atom. The zero-order valence-corrected chi connectivity index (χ0v) is 8.84. The van der Waals surface area contributed by atoms with Crippen molar-refractivity contribution in [3.63, 3.8) is 0 Å². The van der Waals surface area contributed by atoms with Gasteiger partial charge in [-0.25, -0.2) is 9.78 Å². The zero-order chi connectivity index (χ0) is 11.3. The maximum atomic E-state index is 10.6. The molecule has 80 valence electrons. The molecule has 0 fully saturated rings. The molecule has 0 aromatic carbocycles. The van der Waals surface area contributed by atoms with Crippen molar-refractivity contribution in [2.45, 2.75) is 20.3 Å². The van der Waals surface area contributed by atoms with Crippen molar-refractivity contribution in [3.8, 4) is 0 Å². The molecule has 0 aliphatic rings. The number of aliphatic carboxylic acids is 1. The highest BCUT2D eigenvalue weighted by molar-refractivity contribution is 5.89. The second kappa shape index (κ2) is 5.14. The number of hydrogen-bond acceptors (Lipinski definition) is 2. The number of nitrogens with zero attached hydrogens (tertiary/aromatic N) is 2. The van der Waals surface area contributed by atoms with Crippen molar-refractivity contribution in [2.75, 3.05) is 0 Å². The van der Waals surface area contributed by atoms with Crippen LogP contribution < -0.4 is 0 Å². The van der Waals surface area contributed by atoms with Gasteiger partial charge in [-0.2, -0.15) is 0 Å². The summed E-state index contributed by atoms with van der Waals surface area (Å²) >= 11 is 0. The molecule has 4 heteroatoms. The first kappa shape index (κ1) is 11.2. The molecule has 0 atom stereocenters. The molecule has 0 saturated carbocycles. The van der Waals surface area contributed by atoms with Crippen LogP contribution in [0.15, 0.2) is 24.0 Å². The number of rotatable bonds is 4. The summed E-state index contributed by atoms with van der Waals surface area (Å²) in [5, 5.41) is 8.73. The second-order valence-corrected chi connectivity index (χ2v) is 3.12. The Labute approximate surface area is 88.6 Å². The fourth-order valence-electron chi connectivity index (χ4n) is 1.05. The molecule has 1 heterocycles. The van der Waals surface area contributed by atoms with Crippen molar-refractivity contribution in [2.24, 2.45) is 0 Å². The summed E-state index contributed by atoms with van der Waals surface area (Å²) in [6.07, 6.45) is 9.68. The Balaban J connectivity index is 2.95. The Morgan fingerprint density at radius 1 is 1.67 bits per heavy atom. The molecule has 1 N–H and O–H groups in total. The number of aromatic nitrogens is 2. The van der Waals surface area contributed by atoms with E-state index >= 15 is 0 Å². The molecule has 1 rings (SSSR count). The van der Waals surface area contributed by atoms with Crippen LogP contribution in [0, 0.1) is 0 Å². The fourth-order valence-corrected chi connectivity index (χ4v) is 1.05. The standard InChI is InChI=1S/C11H14N2O2/c1-3-4-5-10-12-6-7-13(10)8-9(2)11(14)15/h4-8H,3H2,1-2H3,(H,14,15)/b5-4+,9-8+. The number of allylic oxidation sites excluding steroid dienone is 1. The van der Waals surface area contributed by atoms with Crippen LogP contribution in [0.4, 0.5) is 0 Å². The average molecular weight is 206 g/mol. The minimum absolute atomic E-state index is 0.277. The van der Waals surface area contributed by atoms with Gasteiger partial charge in [-0.15, -0.1) is 0 Å². The van der Waals surface area contributed by atoms with Gasteiger partial charge < -0.3 is 9.67 Å². The van der Waals surface area contributed by atoms with Crippen LogP contribution >= 0.6 is 0 Å². The van der Waals surface area contributed by atoms with Gasteiger partial charge in [0, 0.05) is 18.6 Å². The van der Waals surface area contributed by atoms with E-state index in [1.54, 1.807) is 30.1 Å².